The number of benzene rings is 3. The fraction of sp³-hybridized carbons (Fsp3) is 0.133. The van der Waals surface area contributed by atoms with Crippen LogP contribution in [0.15, 0.2) is 96.3 Å². The van der Waals surface area contributed by atoms with Crippen LogP contribution in [0, 0.1) is 18.3 Å². The summed E-state index contributed by atoms with van der Waals surface area (Å²) in [7, 11) is 1.93. The summed E-state index contributed by atoms with van der Waals surface area (Å²) in [6, 6.07) is 22.8. The number of hydrogen-bond acceptors (Lipinski definition) is 5. The topological polar surface area (TPSA) is 94.5 Å². The van der Waals surface area contributed by atoms with Crippen molar-refractivity contribution < 1.29 is 9.90 Å². The zero-order valence-corrected chi connectivity index (χ0v) is 20.7. The third-order valence-corrected chi connectivity index (χ3v) is 6.03. The molecule has 7 nitrogen and oxygen atoms in total. The highest BCUT2D eigenvalue weighted by Crippen LogP contribution is 2.20. The lowest BCUT2D eigenvalue weighted by Gasteiger charge is -2.15. The number of allylic oxidation sites excluding steroid dienone is 3. The third kappa shape index (κ3) is 6.19. The van der Waals surface area contributed by atoms with Crippen molar-refractivity contribution in [2.75, 3.05) is 5.01 Å². The van der Waals surface area contributed by atoms with E-state index in [4.69, 9.17) is 10.4 Å². The lowest BCUT2D eigenvalue weighted by Crippen LogP contribution is -2.07. The molecule has 184 valence electrons. The summed E-state index contributed by atoms with van der Waals surface area (Å²) in [5.74, 6) is -0.0383. The number of hydrazone groups is 1. The first kappa shape index (κ1) is 25.1. The Labute approximate surface area is 215 Å². The molecule has 7 heteroatoms. The van der Waals surface area contributed by atoms with E-state index >= 15 is 0 Å². The van der Waals surface area contributed by atoms with Crippen molar-refractivity contribution in [1.82, 2.24) is 9.55 Å². The van der Waals surface area contributed by atoms with Gasteiger partial charge in [-0.3, -0.25) is 0 Å². The zero-order chi connectivity index (χ0) is 26.2. The van der Waals surface area contributed by atoms with Crippen molar-refractivity contribution in [2.45, 2.75) is 19.8 Å². The number of nitrogens with zero attached hydrogens (tertiary/aromatic N) is 5. The number of rotatable bonds is 5. The van der Waals surface area contributed by atoms with Gasteiger partial charge in [-0.25, -0.2) is 14.8 Å². The first-order valence-electron chi connectivity index (χ1n) is 11.9. The van der Waals surface area contributed by atoms with Gasteiger partial charge in [-0.2, -0.15) is 10.4 Å². The van der Waals surface area contributed by atoms with Gasteiger partial charge in [0.05, 0.1) is 33.9 Å². The smallest absolute Gasteiger partial charge is 0.335 e. The van der Waals surface area contributed by atoms with Crippen molar-refractivity contribution in [3.05, 3.63) is 119 Å². The summed E-state index contributed by atoms with van der Waals surface area (Å²) in [6.07, 6.45) is 11.1. The Kier molecular flexibility index (Phi) is 7.91. The molecule has 0 spiro atoms. The Hall–Kier alpha value is -4.96. The number of carboxylic acid groups (broad SMARTS) is 1. The van der Waals surface area contributed by atoms with Gasteiger partial charge in [-0.15, -0.1) is 0 Å². The van der Waals surface area contributed by atoms with Gasteiger partial charge in [0.2, 0.25) is 0 Å². The van der Waals surface area contributed by atoms with Gasteiger partial charge in [0, 0.05) is 25.9 Å². The van der Waals surface area contributed by atoms with E-state index in [0.29, 0.717) is 11.1 Å². The molecule has 1 N–H and O–H groups in total. The molecule has 37 heavy (non-hydrogen) atoms. The van der Waals surface area contributed by atoms with Crippen LogP contribution in [0.2, 0.25) is 0 Å². The largest absolute Gasteiger partial charge is 0.478 e. The highest BCUT2D eigenvalue weighted by molar-refractivity contribution is 5.92. The van der Waals surface area contributed by atoms with Crippen LogP contribution < -0.4 is 5.01 Å². The van der Waals surface area contributed by atoms with Crippen molar-refractivity contribution in [3.63, 3.8) is 0 Å². The molecule has 0 aliphatic carbocycles. The monoisotopic (exact) mass is 489 g/mol. The van der Waals surface area contributed by atoms with Crippen LogP contribution in [-0.4, -0.2) is 26.8 Å². The van der Waals surface area contributed by atoms with E-state index in [1.54, 1.807) is 24.4 Å². The second-order valence-corrected chi connectivity index (χ2v) is 8.53. The summed E-state index contributed by atoms with van der Waals surface area (Å²) in [4.78, 5) is 15.6. The van der Waals surface area contributed by atoms with Crippen LogP contribution in [-0.2, 0) is 19.9 Å². The van der Waals surface area contributed by atoms with Crippen LogP contribution in [0.1, 0.15) is 32.9 Å². The van der Waals surface area contributed by atoms with Crippen LogP contribution in [0.4, 0.5) is 5.69 Å². The van der Waals surface area contributed by atoms with Gasteiger partial charge >= 0.3 is 5.97 Å². The van der Waals surface area contributed by atoms with E-state index in [9.17, 15) is 4.79 Å². The Morgan fingerprint density at radius 3 is 2.51 bits per heavy atom. The minimum absolute atomic E-state index is 0.245. The van der Waals surface area contributed by atoms with Gasteiger partial charge in [0.1, 0.15) is 5.82 Å². The molecule has 0 radical (unpaired) electrons. The molecule has 0 saturated carbocycles. The Balaban J connectivity index is 0.000000195. The molecule has 0 amide bonds. The lowest BCUT2D eigenvalue weighted by molar-refractivity contribution is 0.0697. The lowest BCUT2D eigenvalue weighted by atomic mass is 10.1. The minimum atomic E-state index is -0.948. The number of fused-ring (bicyclic) bond motifs is 1. The van der Waals surface area contributed by atoms with E-state index in [-0.39, 0.29) is 5.56 Å². The molecular formula is C30H27N5O2. The highest BCUT2D eigenvalue weighted by atomic mass is 16.4. The maximum absolute atomic E-state index is 11.0. The number of para-hydroxylation sites is 1. The fourth-order valence-electron chi connectivity index (χ4n) is 3.97. The summed E-state index contributed by atoms with van der Waals surface area (Å²) in [6.45, 7) is 2.08. The number of carboxylic acids is 1. The molecule has 0 unspecified atom stereocenters. The van der Waals surface area contributed by atoms with E-state index in [1.807, 2.05) is 77.4 Å². The van der Waals surface area contributed by atoms with Crippen molar-refractivity contribution in [3.8, 4) is 6.07 Å². The van der Waals surface area contributed by atoms with Crippen LogP contribution in [0.25, 0.3) is 11.0 Å². The molecule has 0 bridgehead atoms. The first-order chi connectivity index (χ1) is 18.0. The summed E-state index contributed by atoms with van der Waals surface area (Å²) < 4.78 is 1.99. The molecule has 0 fully saturated rings. The van der Waals surface area contributed by atoms with E-state index in [2.05, 4.69) is 35.2 Å². The van der Waals surface area contributed by atoms with Gasteiger partial charge in [0.15, 0.2) is 0 Å². The maximum atomic E-state index is 11.0. The molecule has 0 saturated heterocycles. The number of imidazole rings is 1. The molecule has 3 aromatic carbocycles. The zero-order valence-electron chi connectivity index (χ0n) is 20.7. The normalized spacial score (nSPS) is 12.1. The summed E-state index contributed by atoms with van der Waals surface area (Å²) >= 11 is 0. The maximum Gasteiger partial charge on any atom is 0.335 e. The Morgan fingerprint density at radius 2 is 1.78 bits per heavy atom. The number of hydrogen-bond donors (Lipinski definition) is 1. The van der Waals surface area contributed by atoms with E-state index in [1.165, 1.54) is 5.56 Å². The molecule has 2 heterocycles. The van der Waals surface area contributed by atoms with Crippen molar-refractivity contribution in [2.24, 2.45) is 12.1 Å². The van der Waals surface area contributed by atoms with E-state index < -0.39 is 5.97 Å². The second-order valence-electron chi connectivity index (χ2n) is 8.53. The standard InChI is InChI=1S/C18H15N3O2.C12H12N2/c1-21-16-8-7-14(18(22)23)10-15(16)20-17(21)9-6-12-2-4-13(11-19)5-3-12;1-11-7-3-4-8-12(11)14-10-6-2-5-9-13-14/h2-5,7-8,10H,6,9H2,1H3,(H,22,23);2-10H,1H3. The van der Waals surface area contributed by atoms with Gasteiger partial charge < -0.3 is 9.67 Å². The number of nitriles is 1. The number of aryl methyl sites for hydroxylation is 4. The van der Waals surface area contributed by atoms with Gasteiger partial charge in [-0.05, 0) is 73.0 Å². The molecule has 4 aromatic rings. The van der Waals surface area contributed by atoms with Crippen LogP contribution in [0.5, 0.6) is 0 Å². The van der Waals surface area contributed by atoms with Crippen molar-refractivity contribution >= 4 is 28.9 Å². The Bertz CT molecular complexity index is 1520. The molecular weight excluding hydrogens is 462 g/mol. The molecule has 1 aliphatic rings. The third-order valence-electron chi connectivity index (χ3n) is 6.03. The number of anilines is 1. The number of aromatic carboxylic acids is 1. The summed E-state index contributed by atoms with van der Waals surface area (Å²) in [5.41, 5.74) is 5.99. The highest BCUT2D eigenvalue weighted by Gasteiger charge is 2.11. The molecule has 1 aromatic heterocycles. The molecule has 0 atom stereocenters. The first-order valence-corrected chi connectivity index (χ1v) is 11.9. The number of aromatic nitrogens is 2. The van der Waals surface area contributed by atoms with Gasteiger partial charge in [0.25, 0.3) is 0 Å². The Morgan fingerprint density at radius 1 is 1.00 bits per heavy atom. The van der Waals surface area contributed by atoms with Crippen LogP contribution in [0.3, 0.4) is 0 Å². The number of carbonyl (C=O) groups is 1. The molecule has 1 aliphatic heterocycles. The van der Waals surface area contributed by atoms with E-state index in [0.717, 1.165) is 35.4 Å². The summed E-state index contributed by atoms with van der Waals surface area (Å²) in [5, 5.41) is 24.0. The average molecular weight is 490 g/mol. The predicted octanol–water partition coefficient (Wildman–Crippen LogP) is 5.80. The SMILES string of the molecule is Cc1ccccc1N1C=CC=CC=N1.Cn1c(CCc2ccc(C#N)cc2)nc2cc(C(=O)O)ccc21. The predicted molar refractivity (Wildman–Crippen MR) is 147 cm³/mol. The minimum Gasteiger partial charge on any atom is -0.478 e. The second kappa shape index (κ2) is 11.6. The molecule has 5 rings (SSSR count). The quantitative estimate of drug-likeness (QED) is 0.382. The van der Waals surface area contributed by atoms with Gasteiger partial charge in [-0.1, -0.05) is 36.4 Å². The van der Waals surface area contributed by atoms with Crippen LogP contribution >= 0.6 is 0 Å². The average Bonchev–Trinajstić information content (AvgIpc) is 3.06. The fourth-order valence-corrected chi connectivity index (χ4v) is 3.97. The van der Waals surface area contributed by atoms with Crippen molar-refractivity contribution in [1.29, 1.82) is 5.26 Å².